The van der Waals surface area contributed by atoms with Crippen LogP contribution in [0.15, 0.2) is 119 Å². The summed E-state index contributed by atoms with van der Waals surface area (Å²) in [5.74, 6) is 0.549. The molecule has 2 aliphatic rings. The number of ether oxygens (including phenoxy) is 4. The van der Waals surface area contributed by atoms with E-state index in [4.69, 9.17) is 18.9 Å². The minimum atomic E-state index is -1.59. The molecule has 0 saturated carbocycles. The van der Waals surface area contributed by atoms with Crippen molar-refractivity contribution in [2.45, 2.75) is 49.7 Å². The molecule has 2 aliphatic heterocycles. The molecule has 0 aliphatic carbocycles. The number of amides is 2. The molecule has 0 radical (unpaired) electrons. The van der Waals surface area contributed by atoms with E-state index in [1.54, 1.807) is 45.4 Å². The topological polar surface area (TPSA) is 149 Å². The predicted octanol–water partition coefficient (Wildman–Crippen LogP) is 4.97. The molecule has 5 aromatic rings. The Hall–Kier alpha value is -5.82. The van der Waals surface area contributed by atoms with E-state index in [9.17, 15) is 24.3 Å². The van der Waals surface area contributed by atoms with Gasteiger partial charge in [-0.15, -0.1) is 0 Å². The number of nitrogens with zero attached hydrogens (tertiary/aromatic N) is 2. The summed E-state index contributed by atoms with van der Waals surface area (Å²) in [5.41, 5.74) is -0.671. The molecule has 0 unspecified atom stereocenters. The van der Waals surface area contributed by atoms with Crippen molar-refractivity contribution in [2.75, 3.05) is 27.4 Å². The van der Waals surface area contributed by atoms with Crippen molar-refractivity contribution in [3.8, 4) is 11.5 Å². The Morgan fingerprint density at radius 1 is 0.796 bits per heavy atom. The van der Waals surface area contributed by atoms with E-state index in [0.29, 0.717) is 28.2 Å². The van der Waals surface area contributed by atoms with Gasteiger partial charge >= 0.3 is 5.69 Å². The molecular weight excluding hydrogens is 690 g/mol. The lowest BCUT2D eigenvalue weighted by atomic mass is 9.79. The zero-order chi connectivity index (χ0) is 38.0. The average Bonchev–Trinajstić information content (AvgIpc) is 3.65. The molecule has 0 spiro atoms. The molecule has 1 saturated heterocycles. The second-order valence-corrected chi connectivity index (χ2v) is 13.6. The molecule has 12 heteroatoms. The van der Waals surface area contributed by atoms with Gasteiger partial charge in [0.1, 0.15) is 29.4 Å². The monoisotopic (exact) mass is 731 g/mol. The number of carbonyl (C=O) groups excluding carboxylic acids is 2. The van der Waals surface area contributed by atoms with Crippen LogP contribution in [0.1, 0.15) is 68.5 Å². The van der Waals surface area contributed by atoms with Gasteiger partial charge in [0.25, 0.3) is 17.4 Å². The van der Waals surface area contributed by atoms with Crippen LogP contribution >= 0.6 is 0 Å². The van der Waals surface area contributed by atoms with E-state index in [0.717, 1.165) is 16.7 Å². The highest BCUT2D eigenvalue weighted by Crippen LogP contribution is 2.45. The van der Waals surface area contributed by atoms with Crippen molar-refractivity contribution in [3.05, 3.63) is 164 Å². The maximum absolute atomic E-state index is 13.1. The van der Waals surface area contributed by atoms with Crippen molar-refractivity contribution in [3.63, 3.8) is 0 Å². The quantitative estimate of drug-likeness (QED) is 0.127. The van der Waals surface area contributed by atoms with Crippen LogP contribution in [0.3, 0.4) is 0 Å². The number of aromatic amines is 1. The van der Waals surface area contributed by atoms with Gasteiger partial charge in [0.2, 0.25) is 0 Å². The Bertz CT molecular complexity index is 2190. The van der Waals surface area contributed by atoms with Crippen molar-refractivity contribution in [1.82, 2.24) is 14.5 Å². The van der Waals surface area contributed by atoms with Gasteiger partial charge in [-0.2, -0.15) is 0 Å². The van der Waals surface area contributed by atoms with Crippen LogP contribution in [0.4, 0.5) is 0 Å². The smallest absolute Gasteiger partial charge is 0.330 e. The number of rotatable bonds is 13. The number of hydrogen-bond acceptors (Lipinski definition) is 9. The van der Waals surface area contributed by atoms with Gasteiger partial charge in [-0.25, -0.2) is 4.79 Å². The first kappa shape index (κ1) is 36.5. The Kier molecular flexibility index (Phi) is 10.1. The Balaban J connectivity index is 1.25. The number of aliphatic hydroxyl groups is 1. The Morgan fingerprint density at radius 3 is 1.89 bits per heavy atom. The van der Waals surface area contributed by atoms with Crippen LogP contribution < -0.4 is 20.7 Å². The molecule has 2 amide bonds. The highest BCUT2D eigenvalue weighted by atomic mass is 16.6. The first-order valence-electron chi connectivity index (χ1n) is 17.7. The summed E-state index contributed by atoms with van der Waals surface area (Å²) >= 11 is 0. The van der Waals surface area contributed by atoms with Gasteiger partial charge in [0.15, 0.2) is 0 Å². The highest BCUT2D eigenvalue weighted by molar-refractivity contribution is 6.21. The second-order valence-electron chi connectivity index (χ2n) is 13.6. The molecule has 4 aromatic carbocycles. The van der Waals surface area contributed by atoms with Crippen molar-refractivity contribution in [1.29, 1.82) is 0 Å². The maximum Gasteiger partial charge on any atom is 0.330 e. The summed E-state index contributed by atoms with van der Waals surface area (Å²) in [6.45, 7) is 1.50. The van der Waals surface area contributed by atoms with Crippen LogP contribution in [0.5, 0.6) is 11.5 Å². The number of imide groups is 1. The molecule has 3 atom stereocenters. The second kappa shape index (κ2) is 14.9. The van der Waals surface area contributed by atoms with E-state index < -0.39 is 34.8 Å². The zero-order valence-corrected chi connectivity index (χ0v) is 30.2. The van der Waals surface area contributed by atoms with E-state index >= 15 is 0 Å². The van der Waals surface area contributed by atoms with Gasteiger partial charge in [-0.05, 0) is 72.9 Å². The van der Waals surface area contributed by atoms with Gasteiger partial charge in [-0.3, -0.25) is 28.8 Å². The first-order valence-corrected chi connectivity index (χ1v) is 17.7. The van der Waals surface area contributed by atoms with Crippen LogP contribution in [-0.4, -0.2) is 70.4 Å². The van der Waals surface area contributed by atoms with Gasteiger partial charge in [0.05, 0.1) is 37.6 Å². The number of nitrogens with one attached hydrogen (secondary N) is 1. The number of carbonyl (C=O) groups is 2. The van der Waals surface area contributed by atoms with E-state index in [1.807, 2.05) is 78.9 Å². The minimum Gasteiger partial charge on any atom is -0.497 e. The summed E-state index contributed by atoms with van der Waals surface area (Å²) in [5, 5.41) is 12.5. The minimum absolute atomic E-state index is 0.0298. The molecule has 278 valence electrons. The van der Waals surface area contributed by atoms with Crippen LogP contribution in [0, 0.1) is 6.92 Å². The van der Waals surface area contributed by atoms with Crippen molar-refractivity contribution >= 4 is 11.8 Å². The first-order chi connectivity index (χ1) is 26.1. The van der Waals surface area contributed by atoms with Crippen LogP contribution in [0.2, 0.25) is 0 Å². The fourth-order valence-electron chi connectivity index (χ4n) is 7.48. The third-order valence-corrected chi connectivity index (χ3v) is 10.4. The maximum atomic E-state index is 13.1. The van der Waals surface area contributed by atoms with Gasteiger partial charge < -0.3 is 24.1 Å². The van der Waals surface area contributed by atoms with Crippen molar-refractivity contribution < 1.29 is 33.6 Å². The third kappa shape index (κ3) is 6.64. The van der Waals surface area contributed by atoms with Crippen LogP contribution in [0.25, 0.3) is 0 Å². The molecule has 7 rings (SSSR count). The summed E-state index contributed by atoms with van der Waals surface area (Å²) < 4.78 is 25.8. The summed E-state index contributed by atoms with van der Waals surface area (Å²) in [7, 11) is 3.19. The zero-order valence-electron chi connectivity index (χ0n) is 30.2. The lowest BCUT2D eigenvalue weighted by molar-refractivity contribution is -0.123. The summed E-state index contributed by atoms with van der Waals surface area (Å²) in [6, 6.07) is 31.4. The number of benzene rings is 4. The number of H-pyrrole nitrogens is 1. The normalized spacial score (nSPS) is 19.6. The number of hydrogen-bond donors (Lipinski definition) is 2. The number of methoxy groups -OCH3 is 2. The molecule has 54 heavy (non-hydrogen) atoms. The van der Waals surface area contributed by atoms with Crippen LogP contribution in [-0.2, 0) is 15.1 Å². The van der Waals surface area contributed by atoms with Gasteiger partial charge in [0, 0.05) is 24.7 Å². The van der Waals surface area contributed by atoms with E-state index in [-0.39, 0.29) is 44.2 Å². The molecule has 1 fully saturated rings. The van der Waals surface area contributed by atoms with E-state index in [2.05, 4.69) is 4.98 Å². The van der Waals surface area contributed by atoms with Crippen molar-refractivity contribution in [2.24, 2.45) is 0 Å². The standard InChI is InChI=1S/C42H41N3O9/c1-27-25-45(40(49)43-37(27)46)36-24-41(50,22-9-23-44-38(47)33-12-7-8-13-34(33)39(44)48)35(54-36)26-53-42(28-10-5-4-6-11-28,29-14-18-31(51-2)19-15-29)30-16-20-32(52-3)21-17-30/h4-8,10-21,25,35-36,50H,9,22-24,26H2,1-3H3,(H,43,46,49)/t35-,36-,41+/m1/s1. The number of aryl methyl sites for hydroxylation is 1. The molecule has 2 N–H and O–H groups in total. The number of fused-ring (bicyclic) bond motifs is 1. The largest absolute Gasteiger partial charge is 0.497 e. The summed E-state index contributed by atoms with van der Waals surface area (Å²) in [6.07, 6.45) is -0.224. The average molecular weight is 732 g/mol. The Morgan fingerprint density at radius 2 is 1.33 bits per heavy atom. The molecule has 12 nitrogen and oxygen atoms in total. The fourth-order valence-corrected chi connectivity index (χ4v) is 7.48. The third-order valence-electron chi connectivity index (χ3n) is 10.4. The van der Waals surface area contributed by atoms with Gasteiger partial charge in [-0.1, -0.05) is 66.7 Å². The highest BCUT2D eigenvalue weighted by Gasteiger charge is 2.50. The number of aromatic nitrogens is 2. The fraction of sp³-hybridized carbons (Fsp3) is 0.286. The molecule has 1 aromatic heterocycles. The molecule has 0 bridgehead atoms. The predicted molar refractivity (Wildman–Crippen MR) is 199 cm³/mol. The summed E-state index contributed by atoms with van der Waals surface area (Å²) in [4.78, 5) is 55.1. The lowest BCUT2D eigenvalue weighted by Crippen LogP contribution is -2.45. The lowest BCUT2D eigenvalue weighted by Gasteiger charge is -2.38. The molecule has 3 heterocycles. The molecular formula is C42H41N3O9. The Labute approximate surface area is 311 Å². The SMILES string of the molecule is COc1ccc(C(OC[C@H]2O[C@@H](n3cc(C)c(=O)[nH]c3=O)C[C@@]2(O)CCCN2C(=O)c3ccccc3C2=O)(c2ccccc2)c2ccc(OC)cc2)cc1. The van der Waals surface area contributed by atoms with E-state index in [1.165, 1.54) is 15.7 Å².